The zero-order valence-electron chi connectivity index (χ0n) is 11.1. The van der Waals surface area contributed by atoms with Gasteiger partial charge in [0.1, 0.15) is 0 Å². The van der Waals surface area contributed by atoms with Crippen LogP contribution in [0.1, 0.15) is 25.7 Å². The highest BCUT2D eigenvalue weighted by Gasteiger charge is 2.14. The number of alkyl halides is 1. The fourth-order valence-corrected chi connectivity index (χ4v) is 1.61. The van der Waals surface area contributed by atoms with Crippen molar-refractivity contribution in [1.29, 1.82) is 0 Å². The van der Waals surface area contributed by atoms with Crippen LogP contribution in [0.5, 0.6) is 0 Å². The molecule has 0 radical (unpaired) electrons. The molecule has 0 spiro atoms. The van der Waals surface area contributed by atoms with Crippen molar-refractivity contribution in [2.45, 2.75) is 25.7 Å². The minimum atomic E-state index is -0.314. The van der Waals surface area contributed by atoms with Crippen LogP contribution in [-0.2, 0) is 19.1 Å². The lowest BCUT2D eigenvalue weighted by Gasteiger charge is -2.21. The number of halogens is 1. The van der Waals surface area contributed by atoms with Crippen LogP contribution in [0.25, 0.3) is 0 Å². The largest absolute Gasteiger partial charge is 0.469 e. The fraction of sp³-hybridized carbons (Fsp3) is 0.833. The minimum absolute atomic E-state index is 0.0288. The Bertz CT molecular complexity index is 248. The van der Waals surface area contributed by atoms with E-state index >= 15 is 0 Å². The molecule has 0 saturated carbocycles. The number of hydrogen-bond acceptors (Lipinski definition) is 4. The summed E-state index contributed by atoms with van der Waals surface area (Å²) in [6.45, 7) is 1.32. The summed E-state index contributed by atoms with van der Waals surface area (Å²) in [6, 6.07) is 0. The molecule has 0 aliphatic heterocycles. The van der Waals surface area contributed by atoms with Gasteiger partial charge in [-0.1, -0.05) is 0 Å². The number of methoxy groups -OCH3 is 2. The Labute approximate surface area is 113 Å². The fourth-order valence-electron chi connectivity index (χ4n) is 1.42. The molecule has 18 heavy (non-hydrogen) atoms. The third-order valence-corrected chi connectivity index (χ3v) is 2.77. The molecule has 0 saturated heterocycles. The van der Waals surface area contributed by atoms with Crippen LogP contribution in [0.15, 0.2) is 0 Å². The molecule has 1 amide bonds. The van der Waals surface area contributed by atoms with Crippen LogP contribution >= 0.6 is 11.6 Å². The van der Waals surface area contributed by atoms with E-state index in [1.807, 2.05) is 0 Å². The molecule has 0 N–H and O–H groups in total. The normalized spacial score (nSPS) is 10.2. The van der Waals surface area contributed by atoms with Crippen LogP contribution < -0.4 is 0 Å². The van der Waals surface area contributed by atoms with E-state index in [1.54, 1.807) is 12.0 Å². The van der Waals surface area contributed by atoms with Crippen LogP contribution in [-0.4, -0.2) is 56.6 Å². The van der Waals surface area contributed by atoms with Crippen LogP contribution in [0.2, 0.25) is 0 Å². The average molecular weight is 280 g/mol. The summed E-state index contributed by atoms with van der Waals surface area (Å²) in [5.41, 5.74) is 0. The van der Waals surface area contributed by atoms with Crippen molar-refractivity contribution in [3.8, 4) is 0 Å². The zero-order chi connectivity index (χ0) is 13.8. The van der Waals surface area contributed by atoms with Gasteiger partial charge >= 0.3 is 5.97 Å². The number of esters is 1. The summed E-state index contributed by atoms with van der Waals surface area (Å²) >= 11 is 5.56. The second-order valence-corrected chi connectivity index (χ2v) is 4.22. The van der Waals surface area contributed by atoms with E-state index in [0.29, 0.717) is 32.0 Å². The lowest BCUT2D eigenvalue weighted by atomic mass is 10.2. The van der Waals surface area contributed by atoms with Gasteiger partial charge in [-0.2, -0.15) is 0 Å². The van der Waals surface area contributed by atoms with Gasteiger partial charge < -0.3 is 14.4 Å². The highest BCUT2D eigenvalue weighted by Crippen LogP contribution is 2.03. The smallest absolute Gasteiger partial charge is 0.307 e. The second-order valence-electron chi connectivity index (χ2n) is 3.85. The third-order valence-electron chi connectivity index (χ3n) is 2.51. The third kappa shape index (κ3) is 8.31. The number of hydrogen-bond donors (Lipinski definition) is 0. The molecule has 0 aliphatic rings. The average Bonchev–Trinajstić information content (AvgIpc) is 2.38. The van der Waals surface area contributed by atoms with Crippen molar-refractivity contribution in [2.75, 3.05) is 39.8 Å². The molecule has 6 heteroatoms. The molecule has 0 heterocycles. The predicted molar refractivity (Wildman–Crippen MR) is 69.7 cm³/mol. The number of unbranched alkanes of at least 4 members (excludes halogenated alkanes) is 1. The Morgan fingerprint density at radius 1 is 1.11 bits per heavy atom. The number of amides is 1. The maximum atomic E-state index is 11.9. The van der Waals surface area contributed by atoms with Gasteiger partial charge in [0, 0.05) is 32.5 Å². The standard InChI is InChI=1S/C12H22ClNO4/c1-17-10-9-14(8-6-12(16)18-2)11(15)5-3-4-7-13/h3-10H2,1-2H3. The van der Waals surface area contributed by atoms with Gasteiger partial charge in [0.15, 0.2) is 0 Å². The van der Waals surface area contributed by atoms with E-state index in [9.17, 15) is 9.59 Å². The summed E-state index contributed by atoms with van der Waals surface area (Å²) in [7, 11) is 2.92. The molecule has 0 bridgehead atoms. The summed E-state index contributed by atoms with van der Waals surface area (Å²) in [5, 5.41) is 0. The van der Waals surface area contributed by atoms with Crippen molar-refractivity contribution in [2.24, 2.45) is 0 Å². The lowest BCUT2D eigenvalue weighted by Crippen LogP contribution is -2.35. The van der Waals surface area contributed by atoms with Gasteiger partial charge in [0.2, 0.25) is 5.91 Å². The molecular weight excluding hydrogens is 258 g/mol. The molecule has 0 atom stereocenters. The predicted octanol–water partition coefficient (Wildman–Crippen LogP) is 1.43. The van der Waals surface area contributed by atoms with Crippen LogP contribution in [0.3, 0.4) is 0 Å². The van der Waals surface area contributed by atoms with Crippen LogP contribution in [0.4, 0.5) is 0 Å². The summed E-state index contributed by atoms with van der Waals surface area (Å²) < 4.78 is 9.51. The van der Waals surface area contributed by atoms with Crippen molar-refractivity contribution < 1.29 is 19.1 Å². The van der Waals surface area contributed by atoms with Gasteiger partial charge in [0.05, 0.1) is 20.1 Å². The summed E-state index contributed by atoms with van der Waals surface area (Å²) in [6.07, 6.45) is 2.26. The van der Waals surface area contributed by atoms with E-state index in [2.05, 4.69) is 4.74 Å². The first-order chi connectivity index (χ1) is 8.65. The van der Waals surface area contributed by atoms with Gasteiger partial charge in [-0.05, 0) is 12.8 Å². The Balaban J connectivity index is 4.10. The van der Waals surface area contributed by atoms with Crippen LogP contribution in [0, 0.1) is 0 Å². The maximum absolute atomic E-state index is 11.9. The van der Waals surface area contributed by atoms with Crippen molar-refractivity contribution in [3.63, 3.8) is 0 Å². The Morgan fingerprint density at radius 3 is 2.39 bits per heavy atom. The van der Waals surface area contributed by atoms with E-state index in [1.165, 1.54) is 7.11 Å². The highest BCUT2D eigenvalue weighted by atomic mass is 35.5. The molecule has 0 aromatic rings. The van der Waals surface area contributed by atoms with Gasteiger partial charge in [-0.3, -0.25) is 9.59 Å². The number of ether oxygens (including phenoxy) is 2. The molecule has 0 aromatic heterocycles. The molecule has 5 nitrogen and oxygen atoms in total. The molecular formula is C12H22ClNO4. The highest BCUT2D eigenvalue weighted by molar-refractivity contribution is 6.17. The molecule has 0 fully saturated rings. The van der Waals surface area contributed by atoms with Crippen molar-refractivity contribution >= 4 is 23.5 Å². The topological polar surface area (TPSA) is 55.8 Å². The SMILES string of the molecule is COCCN(CCC(=O)OC)C(=O)CCCCCl. The number of nitrogens with zero attached hydrogens (tertiary/aromatic N) is 1. The molecule has 0 unspecified atom stereocenters. The summed E-state index contributed by atoms with van der Waals surface area (Å²) in [4.78, 5) is 24.6. The molecule has 0 aliphatic carbocycles. The quantitative estimate of drug-likeness (QED) is 0.345. The first-order valence-electron chi connectivity index (χ1n) is 6.05. The first kappa shape index (κ1) is 17.2. The first-order valence-corrected chi connectivity index (χ1v) is 6.58. The number of carbonyl (C=O) groups excluding carboxylic acids is 2. The molecule has 0 aromatic carbocycles. The maximum Gasteiger partial charge on any atom is 0.307 e. The van der Waals surface area contributed by atoms with Gasteiger partial charge in [-0.25, -0.2) is 0 Å². The molecule has 0 rings (SSSR count). The number of rotatable bonds is 10. The Hall–Kier alpha value is -0.810. The Kier molecular flexibility index (Phi) is 10.8. The van der Waals surface area contributed by atoms with Gasteiger partial charge in [-0.15, -0.1) is 11.6 Å². The van der Waals surface area contributed by atoms with E-state index < -0.39 is 0 Å². The van der Waals surface area contributed by atoms with E-state index in [4.69, 9.17) is 16.3 Å². The zero-order valence-corrected chi connectivity index (χ0v) is 11.9. The van der Waals surface area contributed by atoms with Crippen molar-refractivity contribution in [1.82, 2.24) is 4.90 Å². The van der Waals surface area contributed by atoms with E-state index in [0.717, 1.165) is 12.8 Å². The number of carbonyl (C=O) groups is 2. The van der Waals surface area contributed by atoms with E-state index in [-0.39, 0.29) is 18.3 Å². The van der Waals surface area contributed by atoms with Crippen molar-refractivity contribution in [3.05, 3.63) is 0 Å². The minimum Gasteiger partial charge on any atom is -0.469 e. The second kappa shape index (κ2) is 11.3. The van der Waals surface area contributed by atoms with Gasteiger partial charge in [0.25, 0.3) is 0 Å². The monoisotopic (exact) mass is 279 g/mol. The lowest BCUT2D eigenvalue weighted by molar-refractivity contribution is -0.142. The summed E-state index contributed by atoms with van der Waals surface area (Å²) in [5.74, 6) is 0.278. The molecule has 106 valence electrons. The Morgan fingerprint density at radius 2 is 1.83 bits per heavy atom.